The van der Waals surface area contributed by atoms with Gasteiger partial charge in [-0.3, -0.25) is 4.90 Å². The van der Waals surface area contributed by atoms with Gasteiger partial charge in [-0.2, -0.15) is 0 Å². The van der Waals surface area contributed by atoms with Gasteiger partial charge in [-0.25, -0.2) is 4.98 Å². The zero-order valence-corrected chi connectivity index (χ0v) is 11.8. The molecule has 1 aromatic carbocycles. The fraction of sp³-hybridized carbons (Fsp3) is 0.308. The second kappa shape index (κ2) is 8.21. The number of aromatic nitrogens is 1. The Bertz CT molecular complexity index is 419. The number of rotatable bonds is 6. The molecule has 0 unspecified atom stereocenters. The third-order valence-electron chi connectivity index (χ3n) is 2.54. The van der Waals surface area contributed by atoms with Crippen LogP contribution in [0.3, 0.4) is 0 Å². The lowest BCUT2D eigenvalue weighted by Crippen LogP contribution is -2.28. The summed E-state index contributed by atoms with van der Waals surface area (Å²) in [5, 5.41) is 3.16. The molecule has 2 aromatic rings. The van der Waals surface area contributed by atoms with Crippen LogP contribution in [0.4, 0.5) is 0 Å². The van der Waals surface area contributed by atoms with Crippen LogP contribution in [0.2, 0.25) is 0 Å². The minimum Gasteiger partial charge on any atom is -0.329 e. The van der Waals surface area contributed by atoms with Gasteiger partial charge in [0.05, 0.1) is 6.54 Å². The summed E-state index contributed by atoms with van der Waals surface area (Å²) in [6.45, 7) is 3.38. The lowest BCUT2D eigenvalue weighted by molar-refractivity contribution is 0.264. The van der Waals surface area contributed by atoms with E-state index in [9.17, 15) is 0 Å². The van der Waals surface area contributed by atoms with E-state index in [0.717, 1.165) is 24.6 Å². The highest BCUT2D eigenvalue weighted by atomic mass is 35.5. The lowest BCUT2D eigenvalue weighted by atomic mass is 10.2. The first-order valence-electron chi connectivity index (χ1n) is 5.73. The molecule has 98 valence electrons. The van der Waals surface area contributed by atoms with Crippen LogP contribution >= 0.6 is 23.7 Å². The van der Waals surface area contributed by atoms with Crippen LogP contribution in [0.25, 0.3) is 0 Å². The van der Waals surface area contributed by atoms with Crippen molar-refractivity contribution >= 4 is 23.7 Å². The zero-order chi connectivity index (χ0) is 11.9. The van der Waals surface area contributed by atoms with Crippen molar-refractivity contribution in [2.75, 3.05) is 13.1 Å². The standard InChI is InChI=1S/C13H17N3S.ClH/c14-6-8-16(11-13-15-7-9-17-13)10-12-4-2-1-3-5-12;/h1-5,7,9H,6,8,10-11,14H2;1H. The molecule has 0 radical (unpaired) electrons. The van der Waals surface area contributed by atoms with Gasteiger partial charge in [0.1, 0.15) is 5.01 Å². The predicted molar refractivity (Wildman–Crippen MR) is 79.0 cm³/mol. The summed E-state index contributed by atoms with van der Waals surface area (Å²) in [6.07, 6.45) is 1.85. The molecular formula is C13H18ClN3S. The van der Waals surface area contributed by atoms with Crippen molar-refractivity contribution in [2.45, 2.75) is 13.1 Å². The van der Waals surface area contributed by atoms with E-state index in [-0.39, 0.29) is 12.4 Å². The van der Waals surface area contributed by atoms with E-state index < -0.39 is 0 Å². The van der Waals surface area contributed by atoms with E-state index in [0.29, 0.717) is 6.54 Å². The largest absolute Gasteiger partial charge is 0.329 e. The smallest absolute Gasteiger partial charge is 0.107 e. The molecule has 0 atom stereocenters. The van der Waals surface area contributed by atoms with Crippen molar-refractivity contribution in [1.82, 2.24) is 9.88 Å². The van der Waals surface area contributed by atoms with Gasteiger partial charge >= 0.3 is 0 Å². The highest BCUT2D eigenvalue weighted by Crippen LogP contribution is 2.11. The first-order valence-corrected chi connectivity index (χ1v) is 6.61. The van der Waals surface area contributed by atoms with Gasteiger partial charge in [0.2, 0.25) is 0 Å². The summed E-state index contributed by atoms with van der Waals surface area (Å²) in [5.41, 5.74) is 6.97. The van der Waals surface area contributed by atoms with Crippen molar-refractivity contribution in [3.8, 4) is 0 Å². The second-order valence-electron chi connectivity index (χ2n) is 3.91. The predicted octanol–water partition coefficient (Wildman–Crippen LogP) is 2.53. The lowest BCUT2D eigenvalue weighted by Gasteiger charge is -2.20. The second-order valence-corrected chi connectivity index (χ2v) is 4.89. The third-order valence-corrected chi connectivity index (χ3v) is 3.30. The Balaban J connectivity index is 0.00000162. The number of thiazole rings is 1. The van der Waals surface area contributed by atoms with Gasteiger partial charge in [0, 0.05) is 31.2 Å². The average Bonchev–Trinajstić information content (AvgIpc) is 2.83. The fourth-order valence-electron chi connectivity index (χ4n) is 1.76. The van der Waals surface area contributed by atoms with Gasteiger partial charge in [0.25, 0.3) is 0 Å². The molecule has 0 saturated carbocycles. The topological polar surface area (TPSA) is 42.1 Å². The van der Waals surface area contributed by atoms with Crippen molar-refractivity contribution in [3.63, 3.8) is 0 Å². The summed E-state index contributed by atoms with van der Waals surface area (Å²) >= 11 is 1.69. The first-order chi connectivity index (χ1) is 8.38. The number of halogens is 1. The summed E-state index contributed by atoms with van der Waals surface area (Å²) in [6, 6.07) is 10.5. The molecule has 5 heteroatoms. The Labute approximate surface area is 118 Å². The molecular weight excluding hydrogens is 266 g/mol. The van der Waals surface area contributed by atoms with E-state index >= 15 is 0 Å². The minimum absolute atomic E-state index is 0. The molecule has 0 saturated heterocycles. The summed E-state index contributed by atoms with van der Waals surface area (Å²) < 4.78 is 0. The Hall–Kier alpha value is -0.940. The normalized spacial score (nSPS) is 10.3. The summed E-state index contributed by atoms with van der Waals surface area (Å²) in [7, 11) is 0. The molecule has 1 aromatic heterocycles. The number of hydrogen-bond acceptors (Lipinski definition) is 4. The molecule has 0 spiro atoms. The molecule has 0 aliphatic heterocycles. The molecule has 2 N–H and O–H groups in total. The van der Waals surface area contributed by atoms with Gasteiger partial charge in [0.15, 0.2) is 0 Å². The molecule has 0 aliphatic carbocycles. The van der Waals surface area contributed by atoms with E-state index in [1.165, 1.54) is 5.56 Å². The van der Waals surface area contributed by atoms with Crippen molar-refractivity contribution in [3.05, 3.63) is 52.5 Å². The van der Waals surface area contributed by atoms with Crippen LogP contribution in [0.1, 0.15) is 10.6 Å². The Kier molecular flexibility index (Phi) is 6.90. The first kappa shape index (κ1) is 15.1. The highest BCUT2D eigenvalue weighted by Gasteiger charge is 2.07. The van der Waals surface area contributed by atoms with Crippen LogP contribution < -0.4 is 5.73 Å². The minimum atomic E-state index is 0. The summed E-state index contributed by atoms with van der Waals surface area (Å²) in [5.74, 6) is 0. The number of benzene rings is 1. The van der Waals surface area contributed by atoms with E-state index in [2.05, 4.69) is 34.1 Å². The molecule has 0 aliphatic rings. The van der Waals surface area contributed by atoms with E-state index in [1.54, 1.807) is 11.3 Å². The molecule has 18 heavy (non-hydrogen) atoms. The number of hydrogen-bond donors (Lipinski definition) is 1. The quantitative estimate of drug-likeness (QED) is 0.886. The van der Waals surface area contributed by atoms with Gasteiger partial charge < -0.3 is 5.73 Å². The average molecular weight is 284 g/mol. The summed E-state index contributed by atoms with van der Waals surface area (Å²) in [4.78, 5) is 6.64. The fourth-order valence-corrected chi connectivity index (χ4v) is 2.42. The monoisotopic (exact) mass is 283 g/mol. The maximum atomic E-state index is 5.65. The molecule has 1 heterocycles. The molecule has 0 bridgehead atoms. The van der Waals surface area contributed by atoms with Crippen LogP contribution in [0, 0.1) is 0 Å². The van der Waals surface area contributed by atoms with Crippen LogP contribution in [-0.2, 0) is 13.1 Å². The molecule has 0 fully saturated rings. The highest BCUT2D eigenvalue weighted by molar-refractivity contribution is 7.09. The Morgan fingerprint density at radius 2 is 1.94 bits per heavy atom. The Morgan fingerprint density at radius 1 is 1.17 bits per heavy atom. The van der Waals surface area contributed by atoms with Crippen molar-refractivity contribution < 1.29 is 0 Å². The molecule has 0 amide bonds. The van der Waals surface area contributed by atoms with Crippen molar-refractivity contribution in [2.24, 2.45) is 5.73 Å². The SMILES string of the molecule is Cl.NCCN(Cc1ccccc1)Cc1nccs1. The Morgan fingerprint density at radius 3 is 2.56 bits per heavy atom. The molecule has 3 nitrogen and oxygen atoms in total. The number of nitrogens with two attached hydrogens (primary N) is 1. The van der Waals surface area contributed by atoms with Crippen LogP contribution in [0.15, 0.2) is 41.9 Å². The van der Waals surface area contributed by atoms with Crippen LogP contribution in [-0.4, -0.2) is 23.0 Å². The zero-order valence-electron chi connectivity index (χ0n) is 10.2. The van der Waals surface area contributed by atoms with E-state index in [1.807, 2.05) is 17.6 Å². The third kappa shape index (κ3) is 4.74. The molecule has 2 rings (SSSR count). The van der Waals surface area contributed by atoms with E-state index in [4.69, 9.17) is 5.73 Å². The van der Waals surface area contributed by atoms with Crippen molar-refractivity contribution in [1.29, 1.82) is 0 Å². The maximum absolute atomic E-state index is 5.65. The van der Waals surface area contributed by atoms with Gasteiger partial charge in [-0.15, -0.1) is 23.7 Å². The maximum Gasteiger partial charge on any atom is 0.107 e. The van der Waals surface area contributed by atoms with Crippen LogP contribution in [0.5, 0.6) is 0 Å². The number of nitrogens with zero attached hydrogens (tertiary/aromatic N) is 2. The van der Waals surface area contributed by atoms with Gasteiger partial charge in [-0.05, 0) is 5.56 Å². The van der Waals surface area contributed by atoms with Gasteiger partial charge in [-0.1, -0.05) is 30.3 Å².